The number of hydrogen-bond acceptors (Lipinski definition) is 0. The maximum Gasteiger partial charge on any atom is 0.0597 e. The minimum atomic E-state index is 0.0929. The molecule has 1 atom stereocenters. The van der Waals surface area contributed by atoms with Gasteiger partial charge in [-0.15, -0.1) is 0 Å². The summed E-state index contributed by atoms with van der Waals surface area (Å²) >= 11 is 3.61. The van der Waals surface area contributed by atoms with Crippen molar-refractivity contribution in [1.29, 1.82) is 0 Å². The van der Waals surface area contributed by atoms with Gasteiger partial charge in [0.25, 0.3) is 0 Å². The maximum atomic E-state index is 3.61. The Balaban J connectivity index is 2.89. The predicted molar refractivity (Wildman–Crippen MR) is 54.0 cm³/mol. The largest absolute Gasteiger partial charge is 0.0765 e. The molecule has 0 aliphatic heterocycles. The summed E-state index contributed by atoms with van der Waals surface area (Å²) in [7, 11) is 0. The molecular formula is C10H15Br. The molecule has 1 unspecified atom stereocenters. The van der Waals surface area contributed by atoms with E-state index in [2.05, 4.69) is 61.9 Å². The number of alkyl halides is 1. The maximum absolute atomic E-state index is 3.61. The predicted octanol–water partition coefficient (Wildman–Crippen LogP) is 3.68. The lowest BCUT2D eigenvalue weighted by Crippen LogP contribution is -2.08. The molecule has 1 aliphatic rings. The van der Waals surface area contributed by atoms with Gasteiger partial charge >= 0.3 is 0 Å². The molecular weight excluding hydrogens is 200 g/mol. The van der Waals surface area contributed by atoms with E-state index in [9.17, 15) is 0 Å². The first-order valence-electron chi connectivity index (χ1n) is 3.93. The van der Waals surface area contributed by atoms with Crippen LogP contribution in [0.1, 0.15) is 27.7 Å². The van der Waals surface area contributed by atoms with Crippen LogP contribution in [-0.2, 0) is 0 Å². The van der Waals surface area contributed by atoms with Crippen molar-refractivity contribution in [2.45, 2.75) is 32.0 Å². The van der Waals surface area contributed by atoms with Gasteiger partial charge in [-0.2, -0.15) is 0 Å². The molecule has 0 N–H and O–H groups in total. The third kappa shape index (κ3) is 2.19. The fourth-order valence-corrected chi connectivity index (χ4v) is 1.50. The second-order valence-electron chi connectivity index (χ2n) is 4.33. The normalized spacial score (nSPS) is 30.8. The Morgan fingerprint density at radius 3 is 2.09 bits per heavy atom. The molecule has 1 heteroatoms. The average molecular weight is 215 g/mol. The van der Waals surface area contributed by atoms with Crippen LogP contribution in [0.2, 0.25) is 0 Å². The Morgan fingerprint density at radius 1 is 1.36 bits per heavy atom. The van der Waals surface area contributed by atoms with Gasteiger partial charge in [-0.05, 0) is 17.9 Å². The van der Waals surface area contributed by atoms with Gasteiger partial charge in [0, 0.05) is 0 Å². The van der Waals surface area contributed by atoms with Crippen LogP contribution in [0.5, 0.6) is 0 Å². The first kappa shape index (κ1) is 9.05. The molecule has 0 aromatic heterocycles. The molecule has 0 saturated heterocycles. The Labute approximate surface area is 77.5 Å². The van der Waals surface area contributed by atoms with Crippen molar-refractivity contribution < 1.29 is 0 Å². The van der Waals surface area contributed by atoms with Crippen LogP contribution < -0.4 is 0 Å². The number of halogens is 1. The van der Waals surface area contributed by atoms with E-state index < -0.39 is 0 Å². The summed E-state index contributed by atoms with van der Waals surface area (Å²) in [5.41, 5.74) is 1.69. The topological polar surface area (TPSA) is 0 Å². The minimum Gasteiger partial charge on any atom is -0.0765 e. The lowest BCUT2D eigenvalue weighted by atomic mass is 9.87. The highest BCUT2D eigenvalue weighted by molar-refractivity contribution is 9.10. The molecule has 0 amide bonds. The van der Waals surface area contributed by atoms with Crippen LogP contribution in [0, 0.1) is 5.41 Å². The van der Waals surface area contributed by atoms with Crippen LogP contribution in [0.4, 0.5) is 0 Å². The summed E-state index contributed by atoms with van der Waals surface area (Å²) in [4.78, 5) is 0. The van der Waals surface area contributed by atoms with Crippen molar-refractivity contribution in [2.24, 2.45) is 5.41 Å². The summed E-state index contributed by atoms with van der Waals surface area (Å²) in [5, 5.41) is 0. The molecule has 1 rings (SSSR count). The zero-order chi connectivity index (χ0) is 8.70. The standard InChI is InChI=1S/C10H15Br/c1-9(2,3)8-5-6-10(4,11)7-8/h5-7H,1-4H3. The van der Waals surface area contributed by atoms with E-state index in [4.69, 9.17) is 0 Å². The molecule has 0 spiro atoms. The van der Waals surface area contributed by atoms with E-state index in [-0.39, 0.29) is 9.74 Å². The molecule has 0 saturated carbocycles. The first-order valence-corrected chi connectivity index (χ1v) is 4.72. The quantitative estimate of drug-likeness (QED) is 0.540. The third-order valence-electron chi connectivity index (χ3n) is 1.89. The van der Waals surface area contributed by atoms with Gasteiger partial charge in [-0.3, -0.25) is 0 Å². The van der Waals surface area contributed by atoms with Crippen molar-refractivity contribution in [2.75, 3.05) is 0 Å². The van der Waals surface area contributed by atoms with E-state index in [0.29, 0.717) is 0 Å². The van der Waals surface area contributed by atoms with E-state index >= 15 is 0 Å². The van der Waals surface area contributed by atoms with Gasteiger partial charge in [0.1, 0.15) is 0 Å². The summed E-state index contributed by atoms with van der Waals surface area (Å²) in [5.74, 6) is 0. The summed E-state index contributed by atoms with van der Waals surface area (Å²) in [6.07, 6.45) is 6.66. The van der Waals surface area contributed by atoms with Crippen molar-refractivity contribution in [3.8, 4) is 0 Å². The molecule has 62 valence electrons. The fraction of sp³-hybridized carbons (Fsp3) is 0.600. The first-order chi connectivity index (χ1) is 4.81. The van der Waals surface area contributed by atoms with Crippen LogP contribution in [-0.4, -0.2) is 4.32 Å². The zero-order valence-corrected chi connectivity index (χ0v) is 9.20. The van der Waals surface area contributed by atoms with E-state index in [0.717, 1.165) is 0 Å². The van der Waals surface area contributed by atoms with Crippen molar-refractivity contribution in [3.63, 3.8) is 0 Å². The SMILES string of the molecule is CC1(Br)C=CC(C(C)(C)C)=C1. The smallest absolute Gasteiger partial charge is 0.0597 e. The Morgan fingerprint density at radius 2 is 1.91 bits per heavy atom. The minimum absolute atomic E-state index is 0.0929. The summed E-state index contributed by atoms with van der Waals surface area (Å²) in [6, 6.07) is 0. The molecule has 0 bridgehead atoms. The average Bonchev–Trinajstić information content (AvgIpc) is 2.07. The zero-order valence-electron chi connectivity index (χ0n) is 7.61. The highest BCUT2D eigenvalue weighted by atomic mass is 79.9. The van der Waals surface area contributed by atoms with Gasteiger partial charge in [-0.1, -0.05) is 54.9 Å². The van der Waals surface area contributed by atoms with Gasteiger partial charge in [0.2, 0.25) is 0 Å². The second kappa shape index (κ2) is 2.48. The van der Waals surface area contributed by atoms with E-state index in [1.807, 2.05) is 0 Å². The fourth-order valence-electron chi connectivity index (χ4n) is 1.12. The molecule has 0 aromatic rings. The monoisotopic (exact) mass is 214 g/mol. The number of hydrogen-bond donors (Lipinski definition) is 0. The van der Waals surface area contributed by atoms with E-state index in [1.54, 1.807) is 0 Å². The highest BCUT2D eigenvalue weighted by Gasteiger charge is 2.24. The summed E-state index contributed by atoms with van der Waals surface area (Å²) in [6.45, 7) is 8.86. The van der Waals surface area contributed by atoms with Crippen LogP contribution >= 0.6 is 15.9 Å². The number of rotatable bonds is 0. The Hall–Kier alpha value is -0.0400. The van der Waals surface area contributed by atoms with Gasteiger partial charge in [0.15, 0.2) is 0 Å². The lowest BCUT2D eigenvalue weighted by molar-refractivity contribution is 0.517. The molecule has 0 aromatic carbocycles. The van der Waals surface area contributed by atoms with Crippen molar-refractivity contribution in [3.05, 3.63) is 23.8 Å². The van der Waals surface area contributed by atoms with Gasteiger partial charge in [0.05, 0.1) is 4.32 Å². The lowest BCUT2D eigenvalue weighted by Gasteiger charge is -2.19. The van der Waals surface area contributed by atoms with Crippen LogP contribution in [0.15, 0.2) is 23.8 Å². The van der Waals surface area contributed by atoms with Crippen LogP contribution in [0.3, 0.4) is 0 Å². The molecule has 0 nitrogen and oxygen atoms in total. The van der Waals surface area contributed by atoms with Gasteiger partial charge in [-0.25, -0.2) is 0 Å². The Kier molecular flexibility index (Phi) is 2.04. The highest BCUT2D eigenvalue weighted by Crippen LogP contribution is 2.37. The third-order valence-corrected chi connectivity index (χ3v) is 2.39. The molecule has 0 fully saturated rings. The Bertz CT molecular complexity index is 214. The molecule has 1 aliphatic carbocycles. The van der Waals surface area contributed by atoms with Crippen molar-refractivity contribution in [1.82, 2.24) is 0 Å². The molecule has 0 radical (unpaired) electrons. The second-order valence-corrected chi connectivity index (χ2v) is 6.04. The number of allylic oxidation sites excluding steroid dienone is 4. The van der Waals surface area contributed by atoms with Crippen molar-refractivity contribution >= 4 is 15.9 Å². The van der Waals surface area contributed by atoms with E-state index in [1.165, 1.54) is 5.57 Å². The van der Waals surface area contributed by atoms with Crippen LogP contribution in [0.25, 0.3) is 0 Å². The van der Waals surface area contributed by atoms with Gasteiger partial charge < -0.3 is 0 Å². The molecule has 11 heavy (non-hydrogen) atoms. The molecule has 0 heterocycles. The summed E-state index contributed by atoms with van der Waals surface area (Å²) < 4.78 is 0.0929.